The molecule has 2 N–H and O–H groups in total. The molecule has 0 radical (unpaired) electrons. The number of oxazole rings is 1. The van der Waals surface area contributed by atoms with Gasteiger partial charge in [-0.2, -0.15) is 0 Å². The number of benzene rings is 2. The van der Waals surface area contributed by atoms with Crippen molar-refractivity contribution in [2.24, 2.45) is 4.99 Å². The lowest BCUT2D eigenvalue weighted by Gasteiger charge is -2.28. The number of aliphatic imine (C=N–C) groups is 1. The van der Waals surface area contributed by atoms with Gasteiger partial charge >= 0.3 is 0 Å². The van der Waals surface area contributed by atoms with Gasteiger partial charge in [0.2, 0.25) is 5.89 Å². The van der Waals surface area contributed by atoms with Crippen molar-refractivity contribution in [2.75, 3.05) is 26.7 Å². The molecule has 4 rings (SSSR count). The molecule has 0 aliphatic carbocycles. The maximum atomic E-state index is 5.63. The zero-order valence-electron chi connectivity index (χ0n) is 17.7. The Morgan fingerprint density at radius 3 is 2.70 bits per heavy atom. The lowest BCUT2D eigenvalue weighted by Crippen LogP contribution is -2.42. The fraction of sp³-hybridized carbons (Fsp3) is 0.333. The number of rotatable bonds is 6. The van der Waals surface area contributed by atoms with Crippen LogP contribution < -0.4 is 10.6 Å². The van der Waals surface area contributed by atoms with Gasteiger partial charge in [0.05, 0.1) is 12.2 Å². The smallest absolute Gasteiger partial charge is 0.226 e. The molecule has 156 valence electrons. The lowest BCUT2D eigenvalue weighted by molar-refractivity contribution is 0.258. The van der Waals surface area contributed by atoms with E-state index in [1.54, 1.807) is 13.3 Å². The van der Waals surface area contributed by atoms with E-state index in [9.17, 15) is 0 Å². The Labute approximate surface area is 178 Å². The van der Waals surface area contributed by atoms with Crippen LogP contribution in [0.5, 0.6) is 0 Å². The molecule has 2 aromatic carbocycles. The van der Waals surface area contributed by atoms with Crippen molar-refractivity contribution in [1.29, 1.82) is 0 Å². The van der Waals surface area contributed by atoms with Gasteiger partial charge in [0, 0.05) is 38.8 Å². The molecule has 0 spiro atoms. The van der Waals surface area contributed by atoms with Crippen LogP contribution in [-0.2, 0) is 19.5 Å². The highest BCUT2D eigenvalue weighted by Crippen LogP contribution is 2.19. The van der Waals surface area contributed by atoms with Crippen molar-refractivity contribution in [2.45, 2.75) is 26.4 Å². The minimum Gasteiger partial charge on any atom is -0.444 e. The number of aryl methyl sites for hydroxylation is 1. The number of hydrogen-bond acceptors (Lipinski definition) is 4. The molecule has 1 aromatic heterocycles. The molecule has 0 amide bonds. The van der Waals surface area contributed by atoms with Gasteiger partial charge in [-0.05, 0) is 36.6 Å². The summed E-state index contributed by atoms with van der Waals surface area (Å²) in [7, 11) is 1.78. The second-order valence-electron chi connectivity index (χ2n) is 7.66. The van der Waals surface area contributed by atoms with Crippen LogP contribution in [0.15, 0.2) is 64.2 Å². The minimum atomic E-state index is 0.562. The molecule has 0 fully saturated rings. The monoisotopic (exact) mass is 403 g/mol. The van der Waals surface area contributed by atoms with Gasteiger partial charge in [0.15, 0.2) is 5.96 Å². The number of nitrogens with zero attached hydrogens (tertiary/aromatic N) is 3. The summed E-state index contributed by atoms with van der Waals surface area (Å²) in [6.07, 6.45) is 2.82. The Morgan fingerprint density at radius 2 is 1.90 bits per heavy atom. The highest BCUT2D eigenvalue weighted by Gasteiger charge is 2.15. The van der Waals surface area contributed by atoms with E-state index in [-0.39, 0.29) is 0 Å². The van der Waals surface area contributed by atoms with E-state index in [1.807, 2.05) is 12.1 Å². The highest BCUT2D eigenvalue weighted by atomic mass is 16.3. The zero-order valence-corrected chi connectivity index (χ0v) is 17.7. The molecule has 0 unspecified atom stereocenters. The third-order valence-corrected chi connectivity index (χ3v) is 5.44. The lowest BCUT2D eigenvalue weighted by atomic mass is 10.00. The summed E-state index contributed by atoms with van der Waals surface area (Å²) in [6, 6.07) is 16.9. The predicted molar refractivity (Wildman–Crippen MR) is 120 cm³/mol. The molecule has 30 heavy (non-hydrogen) atoms. The minimum absolute atomic E-state index is 0.562. The summed E-state index contributed by atoms with van der Waals surface area (Å²) in [4.78, 5) is 11.4. The second-order valence-corrected chi connectivity index (χ2v) is 7.66. The van der Waals surface area contributed by atoms with E-state index in [0.717, 1.165) is 49.8 Å². The van der Waals surface area contributed by atoms with Crippen LogP contribution in [0.3, 0.4) is 0 Å². The van der Waals surface area contributed by atoms with Gasteiger partial charge in [-0.1, -0.05) is 42.0 Å². The predicted octanol–water partition coefficient (Wildman–Crippen LogP) is 3.37. The first-order chi connectivity index (χ1) is 14.7. The first-order valence-electron chi connectivity index (χ1n) is 10.5. The van der Waals surface area contributed by atoms with E-state index in [2.05, 4.69) is 68.8 Å². The van der Waals surface area contributed by atoms with E-state index < -0.39 is 0 Å². The zero-order chi connectivity index (χ0) is 20.8. The maximum absolute atomic E-state index is 5.63. The first-order valence-corrected chi connectivity index (χ1v) is 10.5. The first kappa shape index (κ1) is 20.2. The van der Waals surface area contributed by atoms with Crippen molar-refractivity contribution in [3.05, 3.63) is 77.2 Å². The van der Waals surface area contributed by atoms with Gasteiger partial charge < -0.3 is 15.1 Å². The summed E-state index contributed by atoms with van der Waals surface area (Å²) < 4.78 is 5.63. The molecule has 0 atom stereocenters. The van der Waals surface area contributed by atoms with Crippen LogP contribution in [0.1, 0.15) is 22.4 Å². The van der Waals surface area contributed by atoms with E-state index in [4.69, 9.17) is 4.42 Å². The summed E-state index contributed by atoms with van der Waals surface area (Å²) in [5, 5.41) is 6.71. The van der Waals surface area contributed by atoms with Crippen LogP contribution in [0.25, 0.3) is 11.5 Å². The highest BCUT2D eigenvalue weighted by molar-refractivity contribution is 5.79. The number of aromatic nitrogens is 1. The molecule has 1 aliphatic rings. The van der Waals surface area contributed by atoms with Crippen molar-refractivity contribution in [1.82, 2.24) is 20.5 Å². The van der Waals surface area contributed by atoms with E-state index in [1.165, 1.54) is 16.7 Å². The molecular formula is C24H29N5O. The van der Waals surface area contributed by atoms with E-state index in [0.29, 0.717) is 12.4 Å². The molecule has 2 heterocycles. The quantitative estimate of drug-likeness (QED) is 0.488. The number of guanidine groups is 1. The summed E-state index contributed by atoms with van der Waals surface area (Å²) in [5.41, 5.74) is 5.98. The molecule has 1 aliphatic heterocycles. The van der Waals surface area contributed by atoms with Gasteiger partial charge in [-0.15, -0.1) is 0 Å². The van der Waals surface area contributed by atoms with E-state index >= 15 is 0 Å². The van der Waals surface area contributed by atoms with Crippen molar-refractivity contribution in [3.63, 3.8) is 0 Å². The number of fused-ring (bicyclic) bond motifs is 1. The molecule has 0 saturated heterocycles. The average molecular weight is 404 g/mol. The third-order valence-electron chi connectivity index (χ3n) is 5.44. The topological polar surface area (TPSA) is 65.7 Å². The Balaban J connectivity index is 1.22. The van der Waals surface area contributed by atoms with Gasteiger partial charge in [0.25, 0.3) is 0 Å². The summed E-state index contributed by atoms with van der Waals surface area (Å²) >= 11 is 0. The molecular weight excluding hydrogens is 374 g/mol. The van der Waals surface area contributed by atoms with Crippen LogP contribution in [0.4, 0.5) is 0 Å². The van der Waals surface area contributed by atoms with Crippen LogP contribution >= 0.6 is 0 Å². The third kappa shape index (κ3) is 5.07. The SMILES string of the molecule is CN=C(NCCN1CCc2ccccc2C1)NCc1coc(-c2ccc(C)cc2)n1. The number of nitrogens with one attached hydrogen (secondary N) is 2. The normalized spacial score (nSPS) is 14.4. The fourth-order valence-electron chi connectivity index (χ4n) is 3.69. The van der Waals surface area contributed by atoms with Crippen LogP contribution in [-0.4, -0.2) is 42.5 Å². The molecule has 0 saturated carbocycles. The van der Waals surface area contributed by atoms with Gasteiger partial charge in [-0.25, -0.2) is 4.98 Å². The van der Waals surface area contributed by atoms with Gasteiger partial charge in [-0.3, -0.25) is 9.89 Å². The Bertz CT molecular complexity index is 993. The Hall–Kier alpha value is -3.12. The van der Waals surface area contributed by atoms with Crippen LogP contribution in [0, 0.1) is 6.92 Å². The van der Waals surface area contributed by atoms with Crippen molar-refractivity contribution >= 4 is 5.96 Å². The fourth-order valence-corrected chi connectivity index (χ4v) is 3.69. The average Bonchev–Trinajstić information content (AvgIpc) is 3.25. The number of hydrogen-bond donors (Lipinski definition) is 2. The maximum Gasteiger partial charge on any atom is 0.226 e. The molecule has 0 bridgehead atoms. The van der Waals surface area contributed by atoms with Crippen molar-refractivity contribution < 1.29 is 4.42 Å². The Morgan fingerprint density at radius 1 is 1.10 bits per heavy atom. The Kier molecular flexibility index (Phi) is 6.44. The second kappa shape index (κ2) is 9.59. The standard InChI is InChI=1S/C24H29N5O/c1-18-7-9-20(10-8-18)23-28-22(17-30-23)15-27-24(25-2)26-12-14-29-13-11-19-5-3-4-6-21(19)16-29/h3-10,17H,11-16H2,1-2H3,(H2,25,26,27). The molecule has 6 heteroatoms. The van der Waals surface area contributed by atoms with Crippen molar-refractivity contribution in [3.8, 4) is 11.5 Å². The summed E-state index contributed by atoms with van der Waals surface area (Å²) in [5.74, 6) is 1.41. The summed E-state index contributed by atoms with van der Waals surface area (Å²) in [6.45, 7) is 6.57. The molecule has 3 aromatic rings. The van der Waals surface area contributed by atoms with Crippen LogP contribution in [0.2, 0.25) is 0 Å². The largest absolute Gasteiger partial charge is 0.444 e. The molecule has 6 nitrogen and oxygen atoms in total. The van der Waals surface area contributed by atoms with Gasteiger partial charge in [0.1, 0.15) is 6.26 Å².